The molecule has 8 heteroatoms. The van der Waals surface area contributed by atoms with Crippen LogP contribution in [0.4, 0.5) is 0 Å². The Labute approximate surface area is 124 Å². The molecule has 0 radical (unpaired) electrons. The first-order chi connectivity index (χ1) is 9.42. The van der Waals surface area contributed by atoms with Gasteiger partial charge in [-0.05, 0) is 18.6 Å². The zero-order valence-corrected chi connectivity index (χ0v) is 13.1. The molecule has 112 valence electrons. The van der Waals surface area contributed by atoms with Gasteiger partial charge < -0.3 is 10.5 Å². The Kier molecular flexibility index (Phi) is 6.47. The fourth-order valence-corrected chi connectivity index (χ4v) is 3.46. The number of thiocarbonyl (C=S) groups is 1. The van der Waals surface area contributed by atoms with Crippen LogP contribution in [0.15, 0.2) is 23.2 Å². The standard InChI is InChI=1S/C12H19N3O3S2/c1-3-5-9(8-18-2)15-20(16,17)10-6-4-7-14-11(10)12(13)19/h4,6-7,9,15H,3,5,8H2,1-2H3,(H2,13,19). The van der Waals surface area contributed by atoms with Gasteiger partial charge in [0.15, 0.2) is 0 Å². The summed E-state index contributed by atoms with van der Waals surface area (Å²) in [7, 11) is -2.21. The number of hydrogen-bond donors (Lipinski definition) is 2. The molecular weight excluding hydrogens is 298 g/mol. The van der Waals surface area contributed by atoms with Gasteiger partial charge in [-0.3, -0.25) is 4.98 Å². The Balaban J connectivity index is 3.07. The molecule has 0 aliphatic carbocycles. The highest BCUT2D eigenvalue weighted by molar-refractivity contribution is 7.89. The number of nitrogens with two attached hydrogens (primary N) is 1. The third-order valence-electron chi connectivity index (χ3n) is 2.62. The molecule has 1 rings (SSSR count). The van der Waals surface area contributed by atoms with Crippen LogP contribution >= 0.6 is 12.2 Å². The minimum atomic E-state index is -3.74. The normalized spacial score (nSPS) is 13.1. The van der Waals surface area contributed by atoms with Crippen molar-refractivity contribution in [1.29, 1.82) is 0 Å². The highest BCUT2D eigenvalue weighted by atomic mass is 32.2. The van der Waals surface area contributed by atoms with Gasteiger partial charge in [-0.15, -0.1) is 0 Å². The number of methoxy groups -OCH3 is 1. The van der Waals surface area contributed by atoms with Crippen LogP contribution in [0.2, 0.25) is 0 Å². The van der Waals surface area contributed by atoms with Gasteiger partial charge in [-0.2, -0.15) is 0 Å². The number of rotatable bonds is 8. The summed E-state index contributed by atoms with van der Waals surface area (Å²) in [5.74, 6) is 0. The smallest absolute Gasteiger partial charge is 0.243 e. The van der Waals surface area contributed by atoms with Crippen LogP contribution in [0.25, 0.3) is 0 Å². The van der Waals surface area contributed by atoms with Crippen molar-refractivity contribution in [1.82, 2.24) is 9.71 Å². The van der Waals surface area contributed by atoms with Crippen LogP contribution in [-0.4, -0.2) is 38.1 Å². The molecule has 1 atom stereocenters. The fraction of sp³-hybridized carbons (Fsp3) is 0.500. The number of aromatic nitrogens is 1. The van der Waals surface area contributed by atoms with E-state index in [9.17, 15) is 8.42 Å². The molecule has 0 saturated carbocycles. The topological polar surface area (TPSA) is 94.3 Å². The molecule has 20 heavy (non-hydrogen) atoms. The van der Waals surface area contributed by atoms with Crippen molar-refractivity contribution in [3.63, 3.8) is 0 Å². The zero-order chi connectivity index (χ0) is 15.2. The van der Waals surface area contributed by atoms with Gasteiger partial charge >= 0.3 is 0 Å². The number of pyridine rings is 1. The lowest BCUT2D eigenvalue weighted by atomic mass is 10.2. The average Bonchev–Trinajstić information content (AvgIpc) is 2.39. The minimum Gasteiger partial charge on any atom is -0.388 e. The van der Waals surface area contributed by atoms with Gasteiger partial charge in [0, 0.05) is 19.3 Å². The van der Waals surface area contributed by atoms with Crippen molar-refractivity contribution in [3.05, 3.63) is 24.0 Å². The van der Waals surface area contributed by atoms with Crippen LogP contribution in [0, 0.1) is 0 Å². The number of nitrogens with zero attached hydrogens (tertiary/aromatic N) is 1. The Bertz CT molecular complexity index is 555. The maximum absolute atomic E-state index is 12.4. The van der Waals surface area contributed by atoms with E-state index in [4.69, 9.17) is 22.7 Å². The molecular formula is C12H19N3O3S2. The van der Waals surface area contributed by atoms with E-state index in [-0.39, 0.29) is 21.6 Å². The van der Waals surface area contributed by atoms with Crippen LogP contribution in [0.1, 0.15) is 25.5 Å². The van der Waals surface area contributed by atoms with Crippen LogP contribution in [0.3, 0.4) is 0 Å². The molecule has 1 heterocycles. The Hall–Kier alpha value is -1.09. The van der Waals surface area contributed by atoms with E-state index in [2.05, 4.69) is 9.71 Å². The minimum absolute atomic E-state index is 0.00953. The first-order valence-corrected chi connectivity index (χ1v) is 8.07. The highest BCUT2D eigenvalue weighted by Crippen LogP contribution is 2.14. The fourth-order valence-electron chi connectivity index (χ4n) is 1.80. The van der Waals surface area contributed by atoms with Crippen molar-refractivity contribution < 1.29 is 13.2 Å². The number of nitrogens with one attached hydrogen (secondary N) is 1. The molecule has 0 bridgehead atoms. The molecule has 3 N–H and O–H groups in total. The molecule has 0 saturated heterocycles. The molecule has 0 amide bonds. The monoisotopic (exact) mass is 317 g/mol. The van der Waals surface area contributed by atoms with E-state index in [0.29, 0.717) is 13.0 Å². The molecule has 0 aromatic carbocycles. The largest absolute Gasteiger partial charge is 0.388 e. The predicted octanol–water partition coefficient (Wildman–Crippen LogP) is 0.809. The second-order valence-electron chi connectivity index (χ2n) is 4.28. The van der Waals surface area contributed by atoms with Crippen LogP contribution in [-0.2, 0) is 14.8 Å². The summed E-state index contributed by atoms with van der Waals surface area (Å²) in [5.41, 5.74) is 5.61. The molecule has 0 spiro atoms. The first kappa shape index (κ1) is 17.0. The summed E-state index contributed by atoms with van der Waals surface area (Å²) in [6.45, 7) is 2.28. The summed E-state index contributed by atoms with van der Waals surface area (Å²) in [6, 6.07) is 2.66. The van der Waals surface area contributed by atoms with E-state index in [0.717, 1.165) is 6.42 Å². The average molecular weight is 317 g/mol. The van der Waals surface area contributed by atoms with Crippen molar-refractivity contribution in [2.75, 3.05) is 13.7 Å². The van der Waals surface area contributed by atoms with E-state index < -0.39 is 10.0 Å². The predicted molar refractivity (Wildman–Crippen MR) is 81.0 cm³/mol. The molecule has 1 aromatic rings. The second kappa shape index (κ2) is 7.63. The van der Waals surface area contributed by atoms with E-state index in [1.165, 1.54) is 25.4 Å². The Morgan fingerprint density at radius 3 is 2.85 bits per heavy atom. The SMILES string of the molecule is CCCC(COC)NS(=O)(=O)c1cccnc1C(N)=S. The number of ether oxygens (including phenoxy) is 1. The lowest BCUT2D eigenvalue weighted by Gasteiger charge is -2.18. The Morgan fingerprint density at radius 2 is 2.30 bits per heavy atom. The van der Waals surface area contributed by atoms with Crippen LogP contribution < -0.4 is 10.5 Å². The number of sulfonamides is 1. The second-order valence-corrected chi connectivity index (χ2v) is 6.40. The van der Waals surface area contributed by atoms with Crippen molar-refractivity contribution >= 4 is 27.2 Å². The molecule has 0 aliphatic heterocycles. The molecule has 0 aliphatic rings. The van der Waals surface area contributed by atoms with E-state index in [1.54, 1.807) is 0 Å². The van der Waals surface area contributed by atoms with E-state index in [1.807, 2.05) is 6.92 Å². The quantitative estimate of drug-likeness (QED) is 0.689. The zero-order valence-electron chi connectivity index (χ0n) is 11.5. The summed E-state index contributed by atoms with van der Waals surface area (Å²) >= 11 is 4.83. The van der Waals surface area contributed by atoms with E-state index >= 15 is 0 Å². The van der Waals surface area contributed by atoms with Gasteiger partial charge in [0.25, 0.3) is 0 Å². The first-order valence-electron chi connectivity index (χ1n) is 6.18. The van der Waals surface area contributed by atoms with Gasteiger partial charge in [0.1, 0.15) is 15.6 Å². The van der Waals surface area contributed by atoms with Gasteiger partial charge in [0.2, 0.25) is 10.0 Å². The lowest BCUT2D eigenvalue weighted by molar-refractivity contribution is 0.171. The molecule has 1 unspecified atom stereocenters. The number of hydrogen-bond acceptors (Lipinski definition) is 5. The van der Waals surface area contributed by atoms with Gasteiger partial charge in [-0.25, -0.2) is 13.1 Å². The van der Waals surface area contributed by atoms with Crippen molar-refractivity contribution in [2.45, 2.75) is 30.7 Å². The van der Waals surface area contributed by atoms with Gasteiger partial charge in [-0.1, -0.05) is 25.6 Å². The van der Waals surface area contributed by atoms with Gasteiger partial charge in [0.05, 0.1) is 6.61 Å². The maximum atomic E-state index is 12.4. The van der Waals surface area contributed by atoms with Crippen molar-refractivity contribution in [3.8, 4) is 0 Å². The molecule has 6 nitrogen and oxygen atoms in total. The van der Waals surface area contributed by atoms with Crippen molar-refractivity contribution in [2.24, 2.45) is 5.73 Å². The molecule has 0 fully saturated rings. The summed E-state index contributed by atoms with van der Waals surface area (Å²) in [4.78, 5) is 3.87. The summed E-state index contributed by atoms with van der Waals surface area (Å²) in [5, 5.41) is 0. The summed E-state index contributed by atoms with van der Waals surface area (Å²) in [6.07, 6.45) is 2.97. The summed E-state index contributed by atoms with van der Waals surface area (Å²) < 4.78 is 32.4. The lowest BCUT2D eigenvalue weighted by Crippen LogP contribution is -2.38. The Morgan fingerprint density at radius 1 is 1.60 bits per heavy atom. The maximum Gasteiger partial charge on any atom is 0.243 e. The third kappa shape index (κ3) is 4.48. The molecule has 1 aromatic heterocycles. The third-order valence-corrected chi connectivity index (χ3v) is 4.37. The highest BCUT2D eigenvalue weighted by Gasteiger charge is 2.23. The van der Waals surface area contributed by atoms with Crippen LogP contribution in [0.5, 0.6) is 0 Å².